The van der Waals surface area contributed by atoms with Crippen LogP contribution in [0.4, 0.5) is 0 Å². The third-order valence-electron chi connectivity index (χ3n) is 1.84. The first-order valence-corrected chi connectivity index (χ1v) is 3.55. The van der Waals surface area contributed by atoms with Crippen LogP contribution in [0.15, 0.2) is 0 Å². The Kier molecular flexibility index (Phi) is 1.95. The molecule has 0 radical (unpaired) electrons. The van der Waals surface area contributed by atoms with Gasteiger partial charge in [-0.05, 0) is 19.8 Å². The van der Waals surface area contributed by atoms with Gasteiger partial charge in [0.1, 0.15) is 11.3 Å². The van der Waals surface area contributed by atoms with Crippen molar-refractivity contribution in [3.63, 3.8) is 0 Å². The summed E-state index contributed by atoms with van der Waals surface area (Å²) in [7, 11) is 0. The van der Waals surface area contributed by atoms with E-state index in [1.807, 2.05) is 0 Å². The summed E-state index contributed by atoms with van der Waals surface area (Å²) >= 11 is 0. The Morgan fingerprint density at radius 1 is 1.55 bits per heavy atom. The molecule has 0 heterocycles. The predicted molar refractivity (Wildman–Crippen MR) is 38.3 cm³/mol. The molecule has 1 rings (SSSR count). The summed E-state index contributed by atoms with van der Waals surface area (Å²) in [5, 5.41) is 11.4. The maximum absolute atomic E-state index is 10.5. The van der Waals surface area contributed by atoms with Crippen LogP contribution < -0.4 is 5.32 Å². The van der Waals surface area contributed by atoms with Gasteiger partial charge in [-0.25, -0.2) is 0 Å². The van der Waals surface area contributed by atoms with Crippen molar-refractivity contribution in [2.45, 2.75) is 25.3 Å². The first kappa shape index (κ1) is 8.20. The van der Waals surface area contributed by atoms with Crippen LogP contribution in [0, 0.1) is 0 Å². The average Bonchev–Trinajstić information content (AvgIpc) is 2.63. The maximum Gasteiger partial charge on any atom is 0.323 e. The van der Waals surface area contributed by atoms with E-state index in [2.05, 4.69) is 5.32 Å². The number of aliphatic carboxylic acids is 1. The van der Waals surface area contributed by atoms with E-state index in [0.717, 1.165) is 0 Å². The highest BCUT2D eigenvalue weighted by Crippen LogP contribution is 2.35. The van der Waals surface area contributed by atoms with Crippen LogP contribution in [0.2, 0.25) is 0 Å². The minimum absolute atomic E-state index is 0.0301. The van der Waals surface area contributed by atoms with Gasteiger partial charge in [-0.3, -0.25) is 14.9 Å². The molecule has 0 spiro atoms. The highest BCUT2D eigenvalue weighted by molar-refractivity contribution is 5.84. The smallest absolute Gasteiger partial charge is 0.323 e. The monoisotopic (exact) mass is 157 g/mol. The SMILES string of the molecule is CC(=O)CNC1(C(=O)O)CC1. The van der Waals surface area contributed by atoms with Crippen LogP contribution in [0.1, 0.15) is 19.8 Å². The number of carbonyl (C=O) groups is 2. The Balaban J connectivity index is 2.36. The molecule has 0 atom stereocenters. The van der Waals surface area contributed by atoms with Gasteiger partial charge in [0.05, 0.1) is 6.54 Å². The largest absolute Gasteiger partial charge is 0.480 e. The van der Waals surface area contributed by atoms with E-state index in [9.17, 15) is 9.59 Å². The highest BCUT2D eigenvalue weighted by atomic mass is 16.4. The number of Topliss-reactive ketones (excluding diaryl/α,β-unsaturated/α-hetero) is 1. The topological polar surface area (TPSA) is 66.4 Å². The number of rotatable bonds is 4. The van der Waals surface area contributed by atoms with Gasteiger partial charge in [0.15, 0.2) is 0 Å². The highest BCUT2D eigenvalue weighted by Gasteiger charge is 2.49. The van der Waals surface area contributed by atoms with Gasteiger partial charge in [0, 0.05) is 0 Å². The number of carboxylic acids is 1. The summed E-state index contributed by atoms with van der Waals surface area (Å²) in [5.74, 6) is -0.878. The van der Waals surface area contributed by atoms with Crippen molar-refractivity contribution in [3.05, 3.63) is 0 Å². The zero-order chi connectivity index (χ0) is 8.48. The Bertz CT molecular complexity index is 196. The Morgan fingerprint density at radius 2 is 2.09 bits per heavy atom. The van der Waals surface area contributed by atoms with Gasteiger partial charge in [0.25, 0.3) is 0 Å². The minimum Gasteiger partial charge on any atom is -0.480 e. The maximum atomic E-state index is 10.5. The van der Waals surface area contributed by atoms with Crippen molar-refractivity contribution in [1.82, 2.24) is 5.32 Å². The predicted octanol–water partition coefficient (Wildman–Crippen LogP) is -0.218. The Morgan fingerprint density at radius 3 is 2.36 bits per heavy atom. The van der Waals surface area contributed by atoms with Gasteiger partial charge in [-0.15, -0.1) is 0 Å². The molecule has 62 valence electrons. The van der Waals surface area contributed by atoms with E-state index in [1.54, 1.807) is 0 Å². The van der Waals surface area contributed by atoms with E-state index in [4.69, 9.17) is 5.11 Å². The summed E-state index contributed by atoms with van der Waals surface area (Å²) in [4.78, 5) is 21.0. The lowest BCUT2D eigenvalue weighted by molar-refractivity contribution is -0.140. The summed E-state index contributed by atoms with van der Waals surface area (Å²) in [6.45, 7) is 1.59. The number of nitrogens with one attached hydrogen (secondary N) is 1. The molecule has 1 aliphatic rings. The zero-order valence-corrected chi connectivity index (χ0v) is 6.39. The molecule has 0 aromatic carbocycles. The van der Waals surface area contributed by atoms with Gasteiger partial charge in [0.2, 0.25) is 0 Å². The molecule has 4 nitrogen and oxygen atoms in total. The number of carbonyl (C=O) groups excluding carboxylic acids is 1. The van der Waals surface area contributed by atoms with E-state index in [1.165, 1.54) is 6.92 Å². The van der Waals surface area contributed by atoms with Crippen LogP contribution in [-0.4, -0.2) is 28.9 Å². The van der Waals surface area contributed by atoms with E-state index in [-0.39, 0.29) is 12.3 Å². The molecule has 0 aromatic heterocycles. The molecule has 0 aromatic rings. The summed E-state index contributed by atoms with van der Waals surface area (Å²) < 4.78 is 0. The Labute approximate surface area is 64.6 Å². The van der Waals surface area contributed by atoms with Crippen molar-refractivity contribution in [3.8, 4) is 0 Å². The molecule has 0 saturated heterocycles. The fourth-order valence-electron chi connectivity index (χ4n) is 0.885. The van der Waals surface area contributed by atoms with Crippen LogP contribution >= 0.6 is 0 Å². The summed E-state index contributed by atoms with van der Waals surface area (Å²) in [6.07, 6.45) is 1.27. The van der Waals surface area contributed by atoms with Gasteiger partial charge in [-0.2, -0.15) is 0 Å². The van der Waals surface area contributed by atoms with Crippen molar-refractivity contribution >= 4 is 11.8 Å². The number of hydrogen-bond acceptors (Lipinski definition) is 3. The third kappa shape index (κ3) is 1.77. The van der Waals surface area contributed by atoms with Crippen molar-refractivity contribution in [1.29, 1.82) is 0 Å². The number of hydrogen-bond donors (Lipinski definition) is 2. The lowest BCUT2D eigenvalue weighted by Gasteiger charge is -2.09. The zero-order valence-electron chi connectivity index (χ0n) is 6.39. The lowest BCUT2D eigenvalue weighted by atomic mass is 10.2. The van der Waals surface area contributed by atoms with E-state index < -0.39 is 11.5 Å². The second-order valence-corrected chi connectivity index (χ2v) is 2.94. The van der Waals surface area contributed by atoms with E-state index >= 15 is 0 Å². The molecule has 0 amide bonds. The molecule has 11 heavy (non-hydrogen) atoms. The third-order valence-corrected chi connectivity index (χ3v) is 1.84. The standard InChI is InChI=1S/C7H11NO3/c1-5(9)4-8-7(2-3-7)6(10)11/h8H,2-4H2,1H3,(H,10,11). The number of carboxylic acid groups (broad SMARTS) is 1. The first-order valence-electron chi connectivity index (χ1n) is 3.55. The summed E-state index contributed by atoms with van der Waals surface area (Å²) in [6, 6.07) is 0. The Hall–Kier alpha value is -0.900. The average molecular weight is 157 g/mol. The summed E-state index contributed by atoms with van der Waals surface area (Å²) in [5.41, 5.74) is -0.772. The second-order valence-electron chi connectivity index (χ2n) is 2.94. The van der Waals surface area contributed by atoms with Crippen LogP contribution in [0.25, 0.3) is 0 Å². The molecule has 4 heteroatoms. The van der Waals surface area contributed by atoms with E-state index in [0.29, 0.717) is 12.8 Å². The molecule has 0 aliphatic heterocycles. The van der Waals surface area contributed by atoms with Crippen molar-refractivity contribution < 1.29 is 14.7 Å². The first-order chi connectivity index (χ1) is 5.07. The lowest BCUT2D eigenvalue weighted by Crippen LogP contribution is -2.41. The molecular formula is C7H11NO3. The second kappa shape index (κ2) is 2.62. The fourth-order valence-corrected chi connectivity index (χ4v) is 0.885. The minimum atomic E-state index is -0.848. The molecule has 1 aliphatic carbocycles. The van der Waals surface area contributed by atoms with Crippen LogP contribution in [0.5, 0.6) is 0 Å². The molecule has 1 fully saturated rings. The molecule has 1 saturated carbocycles. The van der Waals surface area contributed by atoms with Gasteiger partial charge in [-0.1, -0.05) is 0 Å². The van der Waals surface area contributed by atoms with Crippen molar-refractivity contribution in [2.24, 2.45) is 0 Å². The van der Waals surface area contributed by atoms with Gasteiger partial charge < -0.3 is 5.11 Å². The quantitative estimate of drug-likeness (QED) is 0.592. The fraction of sp³-hybridized carbons (Fsp3) is 0.714. The van der Waals surface area contributed by atoms with Gasteiger partial charge >= 0.3 is 5.97 Å². The molecular weight excluding hydrogens is 146 g/mol. The molecule has 2 N–H and O–H groups in total. The normalized spacial score (nSPS) is 19.4. The van der Waals surface area contributed by atoms with Crippen LogP contribution in [-0.2, 0) is 9.59 Å². The van der Waals surface area contributed by atoms with Crippen LogP contribution in [0.3, 0.4) is 0 Å². The van der Waals surface area contributed by atoms with Crippen molar-refractivity contribution in [2.75, 3.05) is 6.54 Å². The molecule has 0 unspecified atom stereocenters. The molecule has 0 bridgehead atoms. The number of ketones is 1.